The highest BCUT2D eigenvalue weighted by atomic mass is 32.2. The van der Waals surface area contributed by atoms with Crippen molar-refractivity contribution in [2.24, 2.45) is 11.1 Å². The lowest BCUT2D eigenvalue weighted by atomic mass is 9.74. The highest BCUT2D eigenvalue weighted by Gasteiger charge is 2.43. The van der Waals surface area contributed by atoms with Gasteiger partial charge in [0.25, 0.3) is 0 Å². The molecule has 1 spiro atoms. The van der Waals surface area contributed by atoms with Crippen LogP contribution < -0.4 is 10.6 Å². The molecule has 8 heteroatoms. The van der Waals surface area contributed by atoms with Crippen LogP contribution in [0.1, 0.15) is 37.7 Å². The molecule has 1 aliphatic heterocycles. The van der Waals surface area contributed by atoms with Gasteiger partial charge in [0.05, 0.1) is 16.0 Å². The lowest BCUT2D eigenvalue weighted by Gasteiger charge is -2.42. The first kappa shape index (κ1) is 20.5. The molecule has 1 saturated carbocycles. The van der Waals surface area contributed by atoms with E-state index >= 15 is 0 Å². The molecule has 1 aromatic carbocycles. The van der Waals surface area contributed by atoms with E-state index in [2.05, 4.69) is 25.3 Å². The van der Waals surface area contributed by atoms with Gasteiger partial charge in [-0.05, 0) is 43.2 Å². The summed E-state index contributed by atoms with van der Waals surface area (Å²) < 4.78 is 2.10. The third-order valence-corrected chi connectivity index (χ3v) is 8.55. The second kappa shape index (κ2) is 8.01. The maximum Gasteiger partial charge on any atom is 0.211 e. The zero-order valence-corrected chi connectivity index (χ0v) is 19.1. The quantitative estimate of drug-likeness (QED) is 0.489. The summed E-state index contributed by atoms with van der Waals surface area (Å²) in [5.74, 6) is 0.944. The smallest absolute Gasteiger partial charge is 0.211 e. The van der Waals surface area contributed by atoms with Crippen molar-refractivity contribution in [2.75, 3.05) is 18.0 Å². The number of fused-ring (bicyclic) bond motifs is 2. The topological polar surface area (TPSA) is 96.1 Å². The summed E-state index contributed by atoms with van der Waals surface area (Å²) in [6.45, 7) is 1.96. The Morgan fingerprint density at radius 3 is 2.73 bits per heavy atom. The number of piperidine rings is 1. The lowest BCUT2D eigenvalue weighted by molar-refractivity contribution is 0.197. The van der Waals surface area contributed by atoms with Gasteiger partial charge in [-0.1, -0.05) is 30.3 Å². The molecule has 33 heavy (non-hydrogen) atoms. The minimum atomic E-state index is 0.324. The van der Waals surface area contributed by atoms with Gasteiger partial charge in [0.1, 0.15) is 6.07 Å². The zero-order chi connectivity index (χ0) is 22.4. The van der Waals surface area contributed by atoms with E-state index in [1.807, 2.05) is 36.8 Å². The summed E-state index contributed by atoms with van der Waals surface area (Å²) in [6.07, 6.45) is 13.5. The van der Waals surface area contributed by atoms with Crippen LogP contribution >= 0.6 is 11.8 Å². The average Bonchev–Trinajstić information content (AvgIpc) is 3.48. The number of pyridine rings is 1. The van der Waals surface area contributed by atoms with Gasteiger partial charge < -0.3 is 10.6 Å². The van der Waals surface area contributed by atoms with Crippen molar-refractivity contribution in [2.45, 2.75) is 47.9 Å². The number of nitrogens with two attached hydrogens (primary N) is 1. The molecule has 4 heterocycles. The van der Waals surface area contributed by atoms with Gasteiger partial charge in [-0.15, -0.1) is 0 Å². The van der Waals surface area contributed by atoms with E-state index in [-0.39, 0.29) is 0 Å². The number of nitriles is 1. The maximum absolute atomic E-state index is 9.43. The molecule has 1 atom stereocenters. The molecule has 4 aromatic rings. The molecule has 2 N–H and O–H groups in total. The number of nitrogens with zero attached hydrogens (tertiary/aromatic N) is 6. The minimum absolute atomic E-state index is 0.324. The summed E-state index contributed by atoms with van der Waals surface area (Å²) in [5, 5.41) is 10.4. The van der Waals surface area contributed by atoms with E-state index in [9.17, 15) is 5.26 Å². The molecule has 1 unspecified atom stereocenters. The van der Waals surface area contributed by atoms with E-state index in [0.717, 1.165) is 64.6 Å². The summed E-state index contributed by atoms with van der Waals surface area (Å²) in [4.78, 5) is 18.3. The normalized spacial score (nSPS) is 20.0. The van der Waals surface area contributed by atoms with Crippen LogP contribution in [0.2, 0.25) is 0 Å². The van der Waals surface area contributed by atoms with E-state index in [1.165, 1.54) is 12.8 Å². The molecular formula is C25H25N7S. The van der Waals surface area contributed by atoms with E-state index in [4.69, 9.17) is 10.7 Å². The number of imidazole rings is 1. The molecule has 7 nitrogen and oxygen atoms in total. The second-order valence-corrected chi connectivity index (χ2v) is 10.2. The van der Waals surface area contributed by atoms with Crippen molar-refractivity contribution in [3.05, 3.63) is 54.6 Å². The molecule has 0 amide bonds. The van der Waals surface area contributed by atoms with Crippen molar-refractivity contribution in [3.63, 3.8) is 0 Å². The third-order valence-electron chi connectivity index (χ3n) is 7.46. The summed E-state index contributed by atoms with van der Waals surface area (Å²) in [7, 11) is 0. The van der Waals surface area contributed by atoms with Crippen LogP contribution in [-0.2, 0) is 0 Å². The fourth-order valence-corrected chi connectivity index (χ4v) is 6.56. The van der Waals surface area contributed by atoms with Gasteiger partial charge in [0, 0.05) is 54.2 Å². The Labute approximate surface area is 196 Å². The maximum atomic E-state index is 9.43. The Kier molecular flexibility index (Phi) is 4.97. The van der Waals surface area contributed by atoms with Crippen molar-refractivity contribution in [3.8, 4) is 6.07 Å². The van der Waals surface area contributed by atoms with Crippen LogP contribution in [0.25, 0.3) is 16.6 Å². The first-order chi connectivity index (χ1) is 16.2. The Morgan fingerprint density at radius 1 is 1.06 bits per heavy atom. The van der Waals surface area contributed by atoms with Gasteiger partial charge in [-0.3, -0.25) is 9.38 Å². The van der Waals surface area contributed by atoms with Crippen LogP contribution in [0.4, 0.5) is 5.95 Å². The predicted molar refractivity (Wildman–Crippen MR) is 129 cm³/mol. The molecule has 0 radical (unpaired) electrons. The van der Waals surface area contributed by atoms with Gasteiger partial charge in [0.2, 0.25) is 5.95 Å². The van der Waals surface area contributed by atoms with Crippen LogP contribution in [0.15, 0.2) is 58.8 Å². The van der Waals surface area contributed by atoms with Crippen molar-refractivity contribution in [1.29, 1.82) is 5.26 Å². The average molecular weight is 456 g/mol. The molecule has 166 valence electrons. The first-order valence-corrected chi connectivity index (χ1v) is 12.3. The summed E-state index contributed by atoms with van der Waals surface area (Å²) in [6, 6.07) is 10.3. The van der Waals surface area contributed by atoms with Crippen molar-refractivity contribution >= 4 is 34.3 Å². The zero-order valence-electron chi connectivity index (χ0n) is 18.3. The van der Waals surface area contributed by atoms with Crippen molar-refractivity contribution < 1.29 is 0 Å². The largest absolute Gasteiger partial charge is 0.342 e. The molecule has 2 fully saturated rings. The van der Waals surface area contributed by atoms with Crippen LogP contribution in [0, 0.1) is 16.7 Å². The molecule has 6 rings (SSSR count). The molecule has 3 aromatic heterocycles. The lowest BCUT2D eigenvalue weighted by Crippen LogP contribution is -2.47. The van der Waals surface area contributed by atoms with Gasteiger partial charge in [-0.2, -0.15) is 5.26 Å². The Hall–Kier alpha value is -3.15. The monoisotopic (exact) mass is 455 g/mol. The number of benzene rings is 1. The van der Waals surface area contributed by atoms with Gasteiger partial charge in [-0.25, -0.2) is 9.97 Å². The number of hydrogen-bond donors (Lipinski definition) is 1. The first-order valence-electron chi connectivity index (χ1n) is 11.5. The van der Waals surface area contributed by atoms with E-state index < -0.39 is 0 Å². The number of anilines is 1. The van der Waals surface area contributed by atoms with Gasteiger partial charge in [0.15, 0.2) is 5.65 Å². The molecular weight excluding hydrogens is 430 g/mol. The highest BCUT2D eigenvalue weighted by Crippen LogP contribution is 2.46. The Balaban J connectivity index is 1.32. The fraction of sp³-hybridized carbons (Fsp3) is 0.360. The Morgan fingerprint density at radius 2 is 1.94 bits per heavy atom. The molecule has 2 aliphatic rings. The summed E-state index contributed by atoms with van der Waals surface area (Å²) in [5.41, 5.74) is 9.00. The SMILES string of the molecule is N#Cc1cccc2c(Sc3cnc(N4CCC5(CCCC5N)CC4)n4ccnc34)ccnc12. The Bertz CT molecular complexity index is 1380. The fourth-order valence-electron chi connectivity index (χ4n) is 5.58. The van der Waals surface area contributed by atoms with Crippen LogP contribution in [-0.4, -0.2) is 38.5 Å². The predicted octanol–water partition coefficient (Wildman–Crippen LogP) is 4.40. The van der Waals surface area contributed by atoms with Gasteiger partial charge >= 0.3 is 0 Å². The molecule has 0 bridgehead atoms. The number of hydrogen-bond acceptors (Lipinski definition) is 7. The van der Waals surface area contributed by atoms with E-state index in [1.54, 1.807) is 24.0 Å². The van der Waals surface area contributed by atoms with Crippen LogP contribution in [0.5, 0.6) is 0 Å². The highest BCUT2D eigenvalue weighted by molar-refractivity contribution is 7.99. The van der Waals surface area contributed by atoms with Crippen molar-refractivity contribution in [1.82, 2.24) is 19.4 Å². The molecule has 1 saturated heterocycles. The third kappa shape index (κ3) is 3.35. The second-order valence-electron chi connectivity index (χ2n) is 9.12. The number of aromatic nitrogens is 4. The summed E-state index contributed by atoms with van der Waals surface area (Å²) >= 11 is 1.61. The minimum Gasteiger partial charge on any atom is -0.342 e. The standard InChI is InChI=1S/C25H25N7S/c26-15-17-3-1-4-18-19(6-10-28-22(17)18)33-20-16-30-24(32-14-11-29-23(20)32)31-12-8-25(9-13-31)7-2-5-21(25)27/h1,3-4,6,10-11,14,16,21H,2,5,7-9,12-13,27H2. The van der Waals surface area contributed by atoms with E-state index in [0.29, 0.717) is 17.0 Å². The molecule has 1 aliphatic carbocycles. The number of para-hydroxylation sites is 1. The van der Waals surface area contributed by atoms with Crippen LogP contribution in [0.3, 0.4) is 0 Å². The number of rotatable bonds is 3.